The topological polar surface area (TPSA) is 108 Å². The van der Waals surface area contributed by atoms with Gasteiger partial charge in [0.2, 0.25) is 0 Å². The van der Waals surface area contributed by atoms with Crippen molar-refractivity contribution in [3.05, 3.63) is 81.4 Å². The number of nitro groups is 1. The lowest BCUT2D eigenvalue weighted by molar-refractivity contribution is -0.384. The number of nitrogens with zero attached hydrogens (tertiary/aromatic N) is 3. The van der Waals surface area contributed by atoms with E-state index in [9.17, 15) is 14.9 Å². The Labute approximate surface area is 138 Å². The van der Waals surface area contributed by atoms with Gasteiger partial charge < -0.3 is 0 Å². The molecule has 6 heteroatoms. The quantitative estimate of drug-likeness (QED) is 0.364. The van der Waals surface area contributed by atoms with Crippen LogP contribution in [-0.4, -0.2) is 10.7 Å². The van der Waals surface area contributed by atoms with E-state index in [0.29, 0.717) is 5.56 Å². The lowest BCUT2D eigenvalue weighted by Gasteiger charge is -2.07. The van der Waals surface area contributed by atoms with Gasteiger partial charge in [-0.05, 0) is 23.3 Å². The molecule has 0 unspecified atom stereocenters. The molecule has 6 nitrogen and oxygen atoms in total. The maximum atomic E-state index is 12.6. The van der Waals surface area contributed by atoms with Crippen LogP contribution in [0.3, 0.4) is 0 Å². The van der Waals surface area contributed by atoms with E-state index in [0.717, 1.165) is 5.56 Å². The number of nitro benzene ring substituents is 1. The summed E-state index contributed by atoms with van der Waals surface area (Å²) in [7, 11) is 0. The van der Waals surface area contributed by atoms with Crippen LogP contribution in [0.2, 0.25) is 0 Å². The second kappa shape index (κ2) is 7.48. The Bertz CT molecular complexity index is 870. The minimum absolute atomic E-state index is 0.0278. The summed E-state index contributed by atoms with van der Waals surface area (Å²) in [6.45, 7) is 0. The van der Waals surface area contributed by atoms with Crippen molar-refractivity contribution in [3.8, 4) is 12.1 Å². The van der Waals surface area contributed by atoms with Gasteiger partial charge in [-0.1, -0.05) is 30.3 Å². The zero-order chi connectivity index (χ0) is 17.5. The largest absolute Gasteiger partial charge is 0.294 e. The third kappa shape index (κ3) is 3.70. The number of rotatable bonds is 5. The number of carbonyl (C=O) groups excluding carboxylic acids is 1. The van der Waals surface area contributed by atoms with Gasteiger partial charge in [-0.3, -0.25) is 14.9 Å². The van der Waals surface area contributed by atoms with Crippen molar-refractivity contribution in [3.63, 3.8) is 0 Å². The SMILES string of the molecule is N#CC(C#N)=C(C(=O)Cc1ccccc1)c1ccc([N+](=O)[O-])cc1. The van der Waals surface area contributed by atoms with Gasteiger partial charge in [0.25, 0.3) is 5.69 Å². The Morgan fingerprint density at radius 1 is 1.00 bits per heavy atom. The third-order valence-corrected chi connectivity index (χ3v) is 3.33. The molecule has 0 aliphatic rings. The molecule has 116 valence electrons. The lowest BCUT2D eigenvalue weighted by atomic mass is 9.93. The van der Waals surface area contributed by atoms with Crippen molar-refractivity contribution in [1.29, 1.82) is 10.5 Å². The molecule has 2 aromatic rings. The van der Waals surface area contributed by atoms with Crippen molar-refractivity contribution >= 4 is 17.0 Å². The average molecular weight is 317 g/mol. The summed E-state index contributed by atoms with van der Waals surface area (Å²) in [5.41, 5.74) is 0.574. The van der Waals surface area contributed by atoms with Crippen LogP contribution < -0.4 is 0 Å². The van der Waals surface area contributed by atoms with Crippen LogP contribution in [0, 0.1) is 32.8 Å². The molecular formula is C18H11N3O3. The highest BCUT2D eigenvalue weighted by atomic mass is 16.6. The van der Waals surface area contributed by atoms with Crippen LogP contribution in [0.25, 0.3) is 5.57 Å². The molecule has 2 aromatic carbocycles. The molecule has 0 radical (unpaired) electrons. The van der Waals surface area contributed by atoms with Gasteiger partial charge in [-0.25, -0.2) is 0 Å². The van der Waals surface area contributed by atoms with Crippen LogP contribution in [0.1, 0.15) is 11.1 Å². The molecule has 0 saturated carbocycles. The van der Waals surface area contributed by atoms with Crippen LogP contribution >= 0.6 is 0 Å². The third-order valence-electron chi connectivity index (χ3n) is 3.33. The number of allylic oxidation sites excluding steroid dienone is 2. The first-order chi connectivity index (χ1) is 11.6. The Kier molecular flexibility index (Phi) is 5.17. The number of benzene rings is 2. The summed E-state index contributed by atoms with van der Waals surface area (Å²) in [6, 6.07) is 17.6. The number of hydrogen-bond acceptors (Lipinski definition) is 5. The maximum Gasteiger partial charge on any atom is 0.269 e. The number of non-ortho nitro benzene ring substituents is 1. The second-order valence-corrected chi connectivity index (χ2v) is 4.86. The van der Waals surface area contributed by atoms with E-state index in [4.69, 9.17) is 10.5 Å². The molecule has 0 fully saturated rings. The molecule has 0 N–H and O–H groups in total. The molecule has 0 aromatic heterocycles. The van der Waals surface area contributed by atoms with Crippen molar-refractivity contribution in [2.45, 2.75) is 6.42 Å². The number of Topliss-reactive ketones (excluding diaryl/α,β-unsaturated/α-hetero) is 1. The molecule has 0 spiro atoms. The second-order valence-electron chi connectivity index (χ2n) is 4.86. The summed E-state index contributed by atoms with van der Waals surface area (Å²) < 4.78 is 0. The van der Waals surface area contributed by atoms with E-state index >= 15 is 0 Å². The Morgan fingerprint density at radius 2 is 1.58 bits per heavy atom. The first-order valence-electron chi connectivity index (χ1n) is 6.93. The fourth-order valence-corrected chi connectivity index (χ4v) is 2.20. The van der Waals surface area contributed by atoms with E-state index in [-0.39, 0.29) is 23.3 Å². The van der Waals surface area contributed by atoms with Crippen LogP contribution in [0.5, 0.6) is 0 Å². The van der Waals surface area contributed by atoms with Gasteiger partial charge in [-0.2, -0.15) is 10.5 Å². The van der Waals surface area contributed by atoms with E-state index < -0.39 is 10.7 Å². The number of ketones is 1. The first-order valence-corrected chi connectivity index (χ1v) is 6.93. The van der Waals surface area contributed by atoms with Gasteiger partial charge in [0, 0.05) is 18.6 Å². The summed E-state index contributed by atoms with van der Waals surface area (Å²) in [4.78, 5) is 22.8. The van der Waals surface area contributed by atoms with Crippen LogP contribution in [0.15, 0.2) is 60.2 Å². The summed E-state index contributed by atoms with van der Waals surface area (Å²) in [5, 5.41) is 29.0. The Hall–Kier alpha value is -3.77. The zero-order valence-electron chi connectivity index (χ0n) is 12.5. The number of nitriles is 2. The predicted octanol–water partition coefficient (Wildman–Crippen LogP) is 3.21. The van der Waals surface area contributed by atoms with Gasteiger partial charge in [0.1, 0.15) is 17.7 Å². The van der Waals surface area contributed by atoms with Crippen LogP contribution in [0.4, 0.5) is 5.69 Å². The van der Waals surface area contributed by atoms with Gasteiger partial charge >= 0.3 is 0 Å². The molecule has 2 rings (SSSR count). The molecule has 0 amide bonds. The minimum atomic E-state index is -0.561. The minimum Gasteiger partial charge on any atom is -0.294 e. The number of hydrogen-bond donors (Lipinski definition) is 0. The first kappa shape index (κ1) is 16.6. The van der Waals surface area contributed by atoms with E-state index in [1.54, 1.807) is 36.4 Å². The molecular weight excluding hydrogens is 306 g/mol. The molecule has 0 bridgehead atoms. The molecule has 0 aliphatic carbocycles. The molecule has 0 heterocycles. The molecule has 0 aliphatic heterocycles. The van der Waals surface area contributed by atoms with Crippen molar-refractivity contribution in [2.24, 2.45) is 0 Å². The molecule has 24 heavy (non-hydrogen) atoms. The maximum absolute atomic E-state index is 12.6. The van der Waals surface area contributed by atoms with E-state index in [1.165, 1.54) is 24.3 Å². The zero-order valence-corrected chi connectivity index (χ0v) is 12.5. The Morgan fingerprint density at radius 3 is 2.08 bits per heavy atom. The smallest absolute Gasteiger partial charge is 0.269 e. The lowest BCUT2D eigenvalue weighted by Crippen LogP contribution is -2.08. The van der Waals surface area contributed by atoms with E-state index in [1.807, 2.05) is 6.07 Å². The summed E-state index contributed by atoms with van der Waals surface area (Å²) >= 11 is 0. The van der Waals surface area contributed by atoms with Gasteiger partial charge in [-0.15, -0.1) is 0 Å². The van der Waals surface area contributed by atoms with E-state index in [2.05, 4.69) is 0 Å². The van der Waals surface area contributed by atoms with Gasteiger partial charge in [0.05, 0.1) is 10.5 Å². The molecule has 0 atom stereocenters. The highest BCUT2D eigenvalue weighted by molar-refractivity contribution is 6.23. The predicted molar refractivity (Wildman–Crippen MR) is 86.4 cm³/mol. The normalized spacial score (nSPS) is 9.42. The highest BCUT2D eigenvalue weighted by Crippen LogP contribution is 2.24. The van der Waals surface area contributed by atoms with Crippen molar-refractivity contribution < 1.29 is 9.72 Å². The summed E-state index contributed by atoms with van der Waals surface area (Å²) in [5.74, 6) is -0.395. The molecule has 0 saturated heterocycles. The average Bonchev–Trinajstić information content (AvgIpc) is 2.60. The van der Waals surface area contributed by atoms with Gasteiger partial charge in [0.15, 0.2) is 5.78 Å². The summed E-state index contributed by atoms with van der Waals surface area (Å²) in [6.07, 6.45) is 0.0278. The standard InChI is InChI=1S/C18H11N3O3/c19-11-15(12-20)18(14-6-8-16(9-7-14)21(23)24)17(22)10-13-4-2-1-3-5-13/h1-9H,10H2. The number of carbonyl (C=O) groups is 1. The van der Waals surface area contributed by atoms with Crippen molar-refractivity contribution in [1.82, 2.24) is 0 Å². The van der Waals surface area contributed by atoms with Crippen molar-refractivity contribution in [2.75, 3.05) is 0 Å². The monoisotopic (exact) mass is 317 g/mol. The highest BCUT2D eigenvalue weighted by Gasteiger charge is 2.19. The fraction of sp³-hybridized carbons (Fsp3) is 0.0556. The van der Waals surface area contributed by atoms with Crippen LogP contribution in [-0.2, 0) is 11.2 Å². The fourth-order valence-electron chi connectivity index (χ4n) is 2.20. The Balaban J connectivity index is 2.45.